The lowest BCUT2D eigenvalue weighted by atomic mass is 10.0. The van der Waals surface area contributed by atoms with E-state index in [4.69, 9.17) is 21.7 Å². The molecule has 0 spiro atoms. The van der Waals surface area contributed by atoms with Crippen LogP contribution in [0.1, 0.15) is 11.6 Å². The molecule has 1 aliphatic heterocycles. The number of hydrogen-bond acceptors (Lipinski definition) is 5. The SMILES string of the molecule is COc1ccc([C@H](CNC(=S)Nc2ccc([N+](=O)[O-])cc2)[NH+]2CCOCC2)cc1. The second-order valence-electron chi connectivity index (χ2n) is 6.74. The molecule has 2 aromatic carbocycles. The van der Waals surface area contributed by atoms with E-state index in [1.807, 2.05) is 12.1 Å². The minimum atomic E-state index is -0.426. The largest absolute Gasteiger partial charge is 0.497 e. The van der Waals surface area contributed by atoms with Gasteiger partial charge in [-0.15, -0.1) is 0 Å². The number of non-ortho nitro benzene ring substituents is 1. The van der Waals surface area contributed by atoms with Gasteiger partial charge in [-0.3, -0.25) is 10.1 Å². The summed E-state index contributed by atoms with van der Waals surface area (Å²) in [6.07, 6.45) is 0. The highest BCUT2D eigenvalue weighted by Crippen LogP contribution is 2.17. The summed E-state index contributed by atoms with van der Waals surface area (Å²) in [5, 5.41) is 17.6. The van der Waals surface area contributed by atoms with E-state index < -0.39 is 4.92 Å². The maximum atomic E-state index is 10.8. The molecule has 3 rings (SSSR count). The Kier molecular flexibility index (Phi) is 7.34. The molecule has 1 heterocycles. The van der Waals surface area contributed by atoms with E-state index in [2.05, 4.69) is 22.8 Å². The summed E-state index contributed by atoms with van der Waals surface area (Å²) in [5.41, 5.74) is 1.95. The van der Waals surface area contributed by atoms with E-state index in [9.17, 15) is 10.1 Å². The Balaban J connectivity index is 1.63. The number of morpholine rings is 1. The van der Waals surface area contributed by atoms with Crippen molar-refractivity contribution in [1.82, 2.24) is 5.32 Å². The van der Waals surface area contributed by atoms with Crippen molar-refractivity contribution in [2.45, 2.75) is 6.04 Å². The van der Waals surface area contributed by atoms with Gasteiger partial charge < -0.3 is 25.0 Å². The van der Waals surface area contributed by atoms with Crippen LogP contribution in [0.25, 0.3) is 0 Å². The molecule has 0 radical (unpaired) electrons. The molecule has 1 aliphatic rings. The number of quaternary nitrogens is 1. The van der Waals surface area contributed by atoms with Crippen molar-refractivity contribution in [3.8, 4) is 5.75 Å². The smallest absolute Gasteiger partial charge is 0.269 e. The van der Waals surface area contributed by atoms with Crippen LogP contribution >= 0.6 is 12.2 Å². The van der Waals surface area contributed by atoms with Crippen LogP contribution in [0.5, 0.6) is 5.75 Å². The predicted molar refractivity (Wildman–Crippen MR) is 115 cm³/mol. The lowest BCUT2D eigenvalue weighted by Crippen LogP contribution is -3.15. The third-order valence-electron chi connectivity index (χ3n) is 4.95. The minimum absolute atomic E-state index is 0.0462. The molecule has 154 valence electrons. The van der Waals surface area contributed by atoms with Gasteiger partial charge in [0.15, 0.2) is 5.11 Å². The molecule has 1 atom stereocenters. The molecule has 2 aromatic rings. The number of methoxy groups -OCH3 is 1. The van der Waals surface area contributed by atoms with Crippen LogP contribution in [-0.2, 0) is 4.74 Å². The van der Waals surface area contributed by atoms with Gasteiger partial charge in [-0.05, 0) is 48.6 Å². The second-order valence-corrected chi connectivity index (χ2v) is 7.14. The third-order valence-corrected chi connectivity index (χ3v) is 5.20. The van der Waals surface area contributed by atoms with Gasteiger partial charge in [0.05, 0.1) is 31.8 Å². The normalized spacial score (nSPS) is 15.3. The number of anilines is 1. The number of ether oxygens (including phenoxy) is 2. The number of nitro benzene ring substituents is 1. The summed E-state index contributed by atoms with van der Waals surface area (Å²) in [4.78, 5) is 11.8. The van der Waals surface area contributed by atoms with Gasteiger partial charge in [-0.1, -0.05) is 0 Å². The molecule has 0 saturated carbocycles. The van der Waals surface area contributed by atoms with Crippen molar-refractivity contribution < 1.29 is 19.3 Å². The van der Waals surface area contributed by atoms with E-state index in [0.717, 1.165) is 32.1 Å². The number of rotatable bonds is 7. The Labute approximate surface area is 175 Å². The Morgan fingerprint density at radius 1 is 1.21 bits per heavy atom. The lowest BCUT2D eigenvalue weighted by Gasteiger charge is -2.32. The lowest BCUT2D eigenvalue weighted by molar-refractivity contribution is -0.937. The monoisotopic (exact) mass is 417 g/mol. The van der Waals surface area contributed by atoms with Crippen LogP contribution in [0.4, 0.5) is 11.4 Å². The van der Waals surface area contributed by atoms with Crippen LogP contribution in [-0.4, -0.2) is 50.0 Å². The van der Waals surface area contributed by atoms with Crippen molar-refractivity contribution in [3.63, 3.8) is 0 Å². The van der Waals surface area contributed by atoms with Crippen molar-refractivity contribution in [1.29, 1.82) is 0 Å². The zero-order valence-electron chi connectivity index (χ0n) is 16.2. The highest BCUT2D eigenvalue weighted by Gasteiger charge is 2.26. The molecule has 9 heteroatoms. The average Bonchev–Trinajstić information content (AvgIpc) is 2.75. The molecule has 1 saturated heterocycles. The van der Waals surface area contributed by atoms with Gasteiger partial charge in [0, 0.05) is 23.4 Å². The second kappa shape index (κ2) is 10.1. The van der Waals surface area contributed by atoms with E-state index in [0.29, 0.717) is 17.3 Å². The van der Waals surface area contributed by atoms with Crippen LogP contribution < -0.4 is 20.3 Å². The highest BCUT2D eigenvalue weighted by atomic mass is 32.1. The molecule has 29 heavy (non-hydrogen) atoms. The Morgan fingerprint density at radius 3 is 2.45 bits per heavy atom. The molecule has 0 unspecified atom stereocenters. The van der Waals surface area contributed by atoms with E-state index in [1.165, 1.54) is 22.6 Å². The number of nitro groups is 1. The minimum Gasteiger partial charge on any atom is -0.497 e. The Hall–Kier alpha value is -2.75. The van der Waals surface area contributed by atoms with Crippen LogP contribution in [0.3, 0.4) is 0 Å². The van der Waals surface area contributed by atoms with Gasteiger partial charge in [0.2, 0.25) is 0 Å². The molecular weight excluding hydrogens is 392 g/mol. The first-order valence-electron chi connectivity index (χ1n) is 9.42. The number of nitrogens with zero attached hydrogens (tertiary/aromatic N) is 1. The fourth-order valence-electron chi connectivity index (χ4n) is 3.35. The molecule has 0 bridgehead atoms. The van der Waals surface area contributed by atoms with Crippen LogP contribution in [0.2, 0.25) is 0 Å². The van der Waals surface area contributed by atoms with E-state index in [-0.39, 0.29) is 11.7 Å². The summed E-state index contributed by atoms with van der Waals surface area (Å²) in [6, 6.07) is 14.5. The van der Waals surface area contributed by atoms with E-state index >= 15 is 0 Å². The van der Waals surface area contributed by atoms with Crippen LogP contribution in [0, 0.1) is 10.1 Å². The topological polar surface area (TPSA) is 90.1 Å². The third kappa shape index (κ3) is 5.86. The number of benzene rings is 2. The number of nitrogens with one attached hydrogen (secondary N) is 3. The average molecular weight is 418 g/mol. The molecule has 8 nitrogen and oxygen atoms in total. The maximum absolute atomic E-state index is 10.8. The zero-order valence-corrected chi connectivity index (χ0v) is 17.0. The van der Waals surface area contributed by atoms with Crippen molar-refractivity contribution >= 4 is 28.7 Å². The summed E-state index contributed by atoms with van der Waals surface area (Å²) in [5.74, 6) is 0.827. The van der Waals surface area contributed by atoms with Crippen molar-refractivity contribution in [2.24, 2.45) is 0 Å². The molecule has 0 aliphatic carbocycles. The summed E-state index contributed by atoms with van der Waals surface area (Å²) < 4.78 is 10.8. The summed E-state index contributed by atoms with van der Waals surface area (Å²) >= 11 is 5.42. The molecule has 0 aromatic heterocycles. The Morgan fingerprint density at radius 2 is 1.86 bits per heavy atom. The Bertz CT molecular complexity index is 823. The van der Waals surface area contributed by atoms with Gasteiger partial charge in [-0.25, -0.2) is 0 Å². The zero-order chi connectivity index (χ0) is 20.6. The van der Waals surface area contributed by atoms with Gasteiger partial charge >= 0.3 is 0 Å². The molecular formula is C20H25N4O4S+. The fourth-order valence-corrected chi connectivity index (χ4v) is 3.55. The van der Waals surface area contributed by atoms with Gasteiger partial charge in [-0.2, -0.15) is 0 Å². The first-order chi connectivity index (χ1) is 14.1. The highest BCUT2D eigenvalue weighted by molar-refractivity contribution is 7.80. The van der Waals surface area contributed by atoms with Gasteiger partial charge in [0.1, 0.15) is 24.9 Å². The van der Waals surface area contributed by atoms with Crippen molar-refractivity contribution in [2.75, 3.05) is 45.3 Å². The number of hydrogen-bond donors (Lipinski definition) is 3. The van der Waals surface area contributed by atoms with Gasteiger partial charge in [0.25, 0.3) is 5.69 Å². The van der Waals surface area contributed by atoms with Crippen LogP contribution in [0.15, 0.2) is 48.5 Å². The number of thiocarbonyl (C=S) groups is 1. The van der Waals surface area contributed by atoms with E-state index in [1.54, 1.807) is 19.2 Å². The quantitative estimate of drug-likeness (QED) is 0.358. The predicted octanol–water partition coefficient (Wildman–Crippen LogP) is 1.55. The molecule has 3 N–H and O–H groups in total. The summed E-state index contributed by atoms with van der Waals surface area (Å²) in [6.45, 7) is 4.00. The summed E-state index contributed by atoms with van der Waals surface area (Å²) in [7, 11) is 1.66. The molecule has 1 fully saturated rings. The first kappa shape index (κ1) is 21.0. The molecule has 0 amide bonds. The maximum Gasteiger partial charge on any atom is 0.269 e. The fraction of sp³-hybridized carbons (Fsp3) is 0.350. The first-order valence-corrected chi connectivity index (χ1v) is 9.83. The van der Waals surface area contributed by atoms with Crippen molar-refractivity contribution in [3.05, 3.63) is 64.2 Å². The standard InChI is InChI=1S/C20H24N4O4S/c1-27-18-8-2-15(3-9-18)19(23-10-12-28-13-11-23)14-21-20(29)22-16-4-6-17(7-5-16)24(25)26/h2-9,19H,10-14H2,1H3,(H2,21,22,29)/p+1/t19-/m0/s1.